The Kier molecular flexibility index (Phi) is 3.74. The van der Waals surface area contributed by atoms with Crippen LogP contribution in [0.1, 0.15) is 26.3 Å². The van der Waals surface area contributed by atoms with Gasteiger partial charge in [-0.1, -0.05) is 45.0 Å². The van der Waals surface area contributed by atoms with Crippen molar-refractivity contribution in [2.45, 2.75) is 26.2 Å². The van der Waals surface area contributed by atoms with Crippen LogP contribution in [0.4, 0.5) is 5.82 Å². The average Bonchev–Trinajstić information content (AvgIpc) is 2.38. The molecule has 0 amide bonds. The van der Waals surface area contributed by atoms with E-state index in [1.54, 1.807) is 0 Å². The lowest BCUT2D eigenvalue weighted by Gasteiger charge is -2.22. The molecule has 0 radical (unpaired) electrons. The van der Waals surface area contributed by atoms with Crippen molar-refractivity contribution in [2.24, 2.45) is 0 Å². The second-order valence-electron chi connectivity index (χ2n) is 5.46. The fourth-order valence-electron chi connectivity index (χ4n) is 1.90. The van der Waals surface area contributed by atoms with Gasteiger partial charge in [0.15, 0.2) is 0 Å². The molecule has 0 spiro atoms. The first-order valence-electron chi connectivity index (χ1n) is 6.43. The molecule has 0 saturated carbocycles. The smallest absolute Gasteiger partial charge is 0.221 e. The molecule has 1 aromatic carbocycles. The number of para-hydroxylation sites is 1. The molecule has 0 atom stereocenters. The molecule has 2 aromatic rings. The van der Waals surface area contributed by atoms with E-state index in [1.807, 2.05) is 43.4 Å². The number of aromatic nitrogens is 1. The summed E-state index contributed by atoms with van der Waals surface area (Å²) in [6.07, 6.45) is 0. The van der Waals surface area contributed by atoms with E-state index < -0.39 is 0 Å². The van der Waals surface area contributed by atoms with Crippen LogP contribution in [0.15, 0.2) is 42.5 Å². The highest BCUT2D eigenvalue weighted by atomic mass is 16.5. The zero-order valence-corrected chi connectivity index (χ0v) is 11.9. The number of pyridine rings is 1. The molecule has 19 heavy (non-hydrogen) atoms. The third-order valence-electron chi connectivity index (χ3n) is 2.89. The van der Waals surface area contributed by atoms with Crippen LogP contribution >= 0.6 is 0 Å². The predicted octanol–water partition coefficient (Wildman–Crippen LogP) is 4.21. The molecule has 2 rings (SSSR count). The van der Waals surface area contributed by atoms with Gasteiger partial charge in [0.25, 0.3) is 0 Å². The van der Waals surface area contributed by atoms with Gasteiger partial charge in [-0.3, -0.25) is 0 Å². The summed E-state index contributed by atoms with van der Waals surface area (Å²) >= 11 is 0. The minimum absolute atomic E-state index is 0.0389. The first kappa shape index (κ1) is 13.4. The summed E-state index contributed by atoms with van der Waals surface area (Å²) < 4.78 is 5.93. The van der Waals surface area contributed by atoms with Crippen molar-refractivity contribution in [3.05, 3.63) is 48.0 Å². The zero-order valence-electron chi connectivity index (χ0n) is 11.9. The molecule has 1 aromatic heterocycles. The van der Waals surface area contributed by atoms with Gasteiger partial charge in [-0.25, -0.2) is 0 Å². The minimum Gasteiger partial charge on any atom is -0.439 e. The monoisotopic (exact) mass is 256 g/mol. The third-order valence-corrected chi connectivity index (χ3v) is 2.89. The van der Waals surface area contributed by atoms with E-state index in [4.69, 9.17) is 4.74 Å². The minimum atomic E-state index is 0.0389. The molecule has 0 aliphatic rings. The summed E-state index contributed by atoms with van der Waals surface area (Å²) in [7, 11) is 1.84. The van der Waals surface area contributed by atoms with Crippen LogP contribution in [0, 0.1) is 0 Å². The van der Waals surface area contributed by atoms with E-state index in [0.29, 0.717) is 5.88 Å². The highest BCUT2D eigenvalue weighted by Crippen LogP contribution is 2.33. The fraction of sp³-hybridized carbons (Fsp3) is 0.312. The van der Waals surface area contributed by atoms with Crippen molar-refractivity contribution < 1.29 is 4.74 Å². The number of nitrogens with one attached hydrogen (secondary N) is 1. The Hall–Kier alpha value is -2.03. The van der Waals surface area contributed by atoms with Crippen LogP contribution in [0.25, 0.3) is 0 Å². The fourth-order valence-corrected chi connectivity index (χ4v) is 1.90. The quantitative estimate of drug-likeness (QED) is 0.893. The lowest BCUT2D eigenvalue weighted by atomic mass is 9.86. The van der Waals surface area contributed by atoms with Gasteiger partial charge in [0.05, 0.1) is 0 Å². The Balaban J connectivity index is 2.33. The molecular weight excluding hydrogens is 236 g/mol. The third kappa shape index (κ3) is 3.25. The molecule has 100 valence electrons. The van der Waals surface area contributed by atoms with Gasteiger partial charge in [0.1, 0.15) is 11.6 Å². The summed E-state index contributed by atoms with van der Waals surface area (Å²) in [6, 6.07) is 13.8. The Labute approximate surface area is 114 Å². The van der Waals surface area contributed by atoms with Crippen molar-refractivity contribution in [3.63, 3.8) is 0 Å². The Morgan fingerprint density at radius 3 is 2.42 bits per heavy atom. The summed E-state index contributed by atoms with van der Waals surface area (Å²) in [5, 5.41) is 3.01. The van der Waals surface area contributed by atoms with Crippen LogP contribution in [0.5, 0.6) is 11.6 Å². The van der Waals surface area contributed by atoms with Crippen LogP contribution in [0.3, 0.4) is 0 Å². The normalized spacial score (nSPS) is 11.2. The maximum absolute atomic E-state index is 5.93. The molecule has 0 bridgehead atoms. The van der Waals surface area contributed by atoms with E-state index in [1.165, 1.54) is 5.56 Å². The summed E-state index contributed by atoms with van der Waals surface area (Å²) in [4.78, 5) is 4.38. The lowest BCUT2D eigenvalue weighted by Crippen LogP contribution is -2.12. The first-order chi connectivity index (χ1) is 9.00. The van der Waals surface area contributed by atoms with Crippen LogP contribution < -0.4 is 10.1 Å². The van der Waals surface area contributed by atoms with Gasteiger partial charge in [-0.15, -0.1) is 0 Å². The highest BCUT2D eigenvalue weighted by Gasteiger charge is 2.18. The lowest BCUT2D eigenvalue weighted by molar-refractivity contribution is 0.440. The maximum Gasteiger partial charge on any atom is 0.221 e. The number of benzene rings is 1. The molecule has 0 fully saturated rings. The second-order valence-corrected chi connectivity index (χ2v) is 5.46. The number of hydrogen-bond acceptors (Lipinski definition) is 3. The highest BCUT2D eigenvalue weighted by molar-refractivity contribution is 5.42. The van der Waals surface area contributed by atoms with Gasteiger partial charge in [0.2, 0.25) is 5.88 Å². The summed E-state index contributed by atoms with van der Waals surface area (Å²) in [5.74, 6) is 2.25. The number of hydrogen-bond donors (Lipinski definition) is 1. The van der Waals surface area contributed by atoms with Gasteiger partial charge in [-0.2, -0.15) is 4.98 Å². The average molecular weight is 256 g/mol. The van der Waals surface area contributed by atoms with E-state index in [0.717, 1.165) is 11.6 Å². The topological polar surface area (TPSA) is 34.1 Å². The second kappa shape index (κ2) is 5.31. The van der Waals surface area contributed by atoms with E-state index in [9.17, 15) is 0 Å². The van der Waals surface area contributed by atoms with Gasteiger partial charge in [0, 0.05) is 18.7 Å². The number of nitrogens with zero attached hydrogens (tertiary/aromatic N) is 1. The Bertz CT molecular complexity index is 559. The van der Waals surface area contributed by atoms with Crippen molar-refractivity contribution in [1.29, 1.82) is 0 Å². The van der Waals surface area contributed by atoms with Crippen molar-refractivity contribution in [1.82, 2.24) is 4.98 Å². The van der Waals surface area contributed by atoms with Crippen LogP contribution in [-0.2, 0) is 5.41 Å². The van der Waals surface area contributed by atoms with Crippen molar-refractivity contribution >= 4 is 5.82 Å². The summed E-state index contributed by atoms with van der Waals surface area (Å²) in [5.41, 5.74) is 1.21. The first-order valence-corrected chi connectivity index (χ1v) is 6.43. The number of rotatable bonds is 3. The van der Waals surface area contributed by atoms with E-state index in [-0.39, 0.29) is 5.41 Å². The Morgan fingerprint density at radius 2 is 1.74 bits per heavy atom. The van der Waals surface area contributed by atoms with Crippen LogP contribution in [-0.4, -0.2) is 12.0 Å². The van der Waals surface area contributed by atoms with Gasteiger partial charge < -0.3 is 10.1 Å². The molecule has 3 nitrogen and oxygen atoms in total. The number of anilines is 1. The van der Waals surface area contributed by atoms with Crippen molar-refractivity contribution in [2.75, 3.05) is 12.4 Å². The van der Waals surface area contributed by atoms with Gasteiger partial charge in [-0.05, 0) is 17.5 Å². The maximum atomic E-state index is 5.93. The van der Waals surface area contributed by atoms with Gasteiger partial charge >= 0.3 is 0 Å². The Morgan fingerprint density at radius 1 is 1.00 bits per heavy atom. The number of ether oxygens (including phenoxy) is 1. The zero-order chi connectivity index (χ0) is 13.9. The molecule has 0 saturated heterocycles. The van der Waals surface area contributed by atoms with Crippen molar-refractivity contribution in [3.8, 4) is 11.6 Å². The SMILES string of the molecule is CNc1cccc(Oc2ccccc2C(C)(C)C)n1. The molecule has 0 aliphatic heterocycles. The summed E-state index contributed by atoms with van der Waals surface area (Å²) in [6.45, 7) is 6.52. The molecule has 0 unspecified atom stereocenters. The molecule has 1 heterocycles. The molecule has 3 heteroatoms. The predicted molar refractivity (Wildman–Crippen MR) is 79.0 cm³/mol. The standard InChI is InChI=1S/C16H20N2O/c1-16(2,3)12-8-5-6-9-13(12)19-15-11-7-10-14(17-4)18-15/h5-11H,1-4H3,(H,17,18). The van der Waals surface area contributed by atoms with Crippen LogP contribution in [0.2, 0.25) is 0 Å². The molecule has 1 N–H and O–H groups in total. The largest absolute Gasteiger partial charge is 0.439 e. The molecular formula is C16H20N2O. The molecule has 0 aliphatic carbocycles. The van der Waals surface area contributed by atoms with E-state index >= 15 is 0 Å². The van der Waals surface area contributed by atoms with E-state index in [2.05, 4.69) is 37.1 Å².